The van der Waals surface area contributed by atoms with E-state index >= 15 is 0 Å². The number of benzene rings is 1. The predicted molar refractivity (Wildman–Crippen MR) is 71.2 cm³/mol. The van der Waals surface area contributed by atoms with Gasteiger partial charge in [0.2, 0.25) is 0 Å². The summed E-state index contributed by atoms with van der Waals surface area (Å²) in [7, 11) is 0. The molecule has 2 aromatic heterocycles. The van der Waals surface area contributed by atoms with Gasteiger partial charge in [-0.1, -0.05) is 0 Å². The molecule has 0 aliphatic heterocycles. The van der Waals surface area contributed by atoms with Crippen molar-refractivity contribution in [3.8, 4) is 11.4 Å². The first-order valence-corrected chi connectivity index (χ1v) is 6.51. The van der Waals surface area contributed by atoms with Crippen LogP contribution in [0, 0.1) is 11.6 Å². The number of aromatic nitrogens is 3. The molecule has 0 amide bonds. The Kier molecular flexibility index (Phi) is 2.36. The second kappa shape index (κ2) is 4.10. The summed E-state index contributed by atoms with van der Waals surface area (Å²) in [4.78, 5) is 8.35. The van der Waals surface area contributed by atoms with Crippen molar-refractivity contribution in [2.24, 2.45) is 0 Å². The van der Waals surface area contributed by atoms with Gasteiger partial charge in [0, 0.05) is 30.1 Å². The normalized spacial score (nSPS) is 14.9. The fourth-order valence-electron chi connectivity index (χ4n) is 2.53. The molecule has 0 bridgehead atoms. The van der Waals surface area contributed by atoms with Crippen LogP contribution >= 0.6 is 0 Å². The molecule has 4 rings (SSSR count). The summed E-state index contributed by atoms with van der Waals surface area (Å²) >= 11 is 0. The number of rotatable bonds is 2. The summed E-state index contributed by atoms with van der Waals surface area (Å²) in [6.45, 7) is 0. The van der Waals surface area contributed by atoms with Gasteiger partial charge in [-0.15, -0.1) is 0 Å². The third-order valence-corrected chi connectivity index (χ3v) is 3.56. The van der Waals surface area contributed by atoms with Crippen molar-refractivity contribution < 1.29 is 8.78 Å². The van der Waals surface area contributed by atoms with Gasteiger partial charge >= 0.3 is 0 Å². The first-order valence-electron chi connectivity index (χ1n) is 6.51. The van der Waals surface area contributed by atoms with Gasteiger partial charge in [-0.3, -0.25) is 4.98 Å². The standard InChI is InChI=1S/C15H11F2N3/c16-10-7-12(17)14-13(8-10)20(11-1-2-11)15(19-14)9-3-5-18-6-4-9/h3-8,11H,1-2H2. The highest BCUT2D eigenvalue weighted by Crippen LogP contribution is 2.41. The third kappa shape index (κ3) is 1.70. The molecule has 1 saturated carbocycles. The van der Waals surface area contributed by atoms with E-state index in [2.05, 4.69) is 9.97 Å². The summed E-state index contributed by atoms with van der Waals surface area (Å²) < 4.78 is 29.3. The van der Waals surface area contributed by atoms with Gasteiger partial charge in [-0.05, 0) is 31.0 Å². The van der Waals surface area contributed by atoms with E-state index in [1.165, 1.54) is 6.07 Å². The van der Waals surface area contributed by atoms with Crippen LogP contribution in [-0.4, -0.2) is 14.5 Å². The largest absolute Gasteiger partial charge is 0.321 e. The van der Waals surface area contributed by atoms with Crippen molar-refractivity contribution in [1.29, 1.82) is 0 Å². The Morgan fingerprint density at radius 3 is 2.55 bits per heavy atom. The lowest BCUT2D eigenvalue weighted by Crippen LogP contribution is -1.97. The Bertz CT molecular complexity index is 792. The molecule has 3 aromatic rings. The number of nitrogens with zero attached hydrogens (tertiary/aromatic N) is 3. The molecular formula is C15H11F2N3. The van der Waals surface area contributed by atoms with Crippen LogP contribution in [-0.2, 0) is 0 Å². The Morgan fingerprint density at radius 2 is 1.85 bits per heavy atom. The lowest BCUT2D eigenvalue weighted by Gasteiger charge is -2.07. The number of imidazole rings is 1. The van der Waals surface area contributed by atoms with E-state index in [-0.39, 0.29) is 11.6 Å². The summed E-state index contributed by atoms with van der Waals surface area (Å²) in [5, 5.41) is 0. The van der Waals surface area contributed by atoms with Crippen LogP contribution in [0.3, 0.4) is 0 Å². The second-order valence-corrected chi connectivity index (χ2v) is 5.03. The van der Waals surface area contributed by atoms with Crippen LogP contribution in [0.1, 0.15) is 18.9 Å². The minimum Gasteiger partial charge on any atom is -0.321 e. The minimum atomic E-state index is -0.616. The molecule has 100 valence electrons. The highest BCUT2D eigenvalue weighted by Gasteiger charge is 2.29. The highest BCUT2D eigenvalue weighted by molar-refractivity contribution is 5.81. The maximum atomic E-state index is 13.9. The monoisotopic (exact) mass is 271 g/mol. The Morgan fingerprint density at radius 1 is 1.10 bits per heavy atom. The van der Waals surface area contributed by atoms with Crippen molar-refractivity contribution in [1.82, 2.24) is 14.5 Å². The molecule has 3 nitrogen and oxygen atoms in total. The Balaban J connectivity index is 2.06. The van der Waals surface area contributed by atoms with Crippen molar-refractivity contribution in [2.45, 2.75) is 18.9 Å². The summed E-state index contributed by atoms with van der Waals surface area (Å²) in [5.74, 6) is -0.512. The van der Waals surface area contributed by atoms with Crippen LogP contribution in [0.2, 0.25) is 0 Å². The topological polar surface area (TPSA) is 30.7 Å². The Labute approximate surface area is 113 Å². The maximum absolute atomic E-state index is 13.9. The zero-order valence-electron chi connectivity index (χ0n) is 10.6. The average Bonchev–Trinajstić information content (AvgIpc) is 3.20. The van der Waals surface area contributed by atoms with E-state index in [0.29, 0.717) is 11.3 Å². The van der Waals surface area contributed by atoms with Gasteiger partial charge in [-0.2, -0.15) is 0 Å². The molecule has 0 spiro atoms. The lowest BCUT2D eigenvalue weighted by atomic mass is 10.2. The van der Waals surface area contributed by atoms with Gasteiger partial charge in [0.25, 0.3) is 0 Å². The van der Waals surface area contributed by atoms with Gasteiger partial charge in [0.15, 0.2) is 5.82 Å². The molecular weight excluding hydrogens is 260 g/mol. The van der Waals surface area contributed by atoms with Crippen LogP contribution in [0.4, 0.5) is 8.78 Å². The molecule has 0 radical (unpaired) electrons. The molecule has 0 saturated heterocycles. The van der Waals surface area contributed by atoms with Gasteiger partial charge < -0.3 is 4.57 Å². The summed E-state index contributed by atoms with van der Waals surface area (Å²) in [6.07, 6.45) is 5.37. The van der Waals surface area contributed by atoms with E-state index in [1.807, 2.05) is 16.7 Å². The van der Waals surface area contributed by atoms with Crippen molar-refractivity contribution in [3.63, 3.8) is 0 Å². The summed E-state index contributed by atoms with van der Waals surface area (Å²) in [6, 6.07) is 6.17. The lowest BCUT2D eigenvalue weighted by molar-refractivity contribution is 0.590. The fraction of sp³-hybridized carbons (Fsp3) is 0.200. The quantitative estimate of drug-likeness (QED) is 0.711. The first kappa shape index (κ1) is 11.5. The van der Waals surface area contributed by atoms with Crippen LogP contribution in [0.5, 0.6) is 0 Å². The molecule has 20 heavy (non-hydrogen) atoms. The number of pyridine rings is 1. The smallest absolute Gasteiger partial charge is 0.153 e. The third-order valence-electron chi connectivity index (χ3n) is 3.56. The zero-order chi connectivity index (χ0) is 13.7. The first-order chi connectivity index (χ1) is 9.74. The number of halogens is 2. The molecule has 1 fully saturated rings. The highest BCUT2D eigenvalue weighted by atomic mass is 19.1. The Hall–Kier alpha value is -2.30. The van der Waals surface area contributed by atoms with Crippen molar-refractivity contribution >= 4 is 11.0 Å². The predicted octanol–water partition coefficient (Wildman–Crippen LogP) is 3.71. The molecule has 0 unspecified atom stereocenters. The second-order valence-electron chi connectivity index (χ2n) is 5.03. The van der Waals surface area contributed by atoms with Crippen LogP contribution < -0.4 is 0 Å². The fourth-order valence-corrected chi connectivity index (χ4v) is 2.53. The van der Waals surface area contributed by atoms with Gasteiger partial charge in [0.05, 0.1) is 5.52 Å². The summed E-state index contributed by atoms with van der Waals surface area (Å²) in [5.41, 5.74) is 1.62. The SMILES string of the molecule is Fc1cc(F)c2nc(-c3ccncc3)n(C3CC3)c2c1. The van der Waals surface area contributed by atoms with E-state index in [1.54, 1.807) is 12.4 Å². The van der Waals surface area contributed by atoms with E-state index in [4.69, 9.17) is 0 Å². The molecule has 2 heterocycles. The molecule has 5 heteroatoms. The average molecular weight is 271 g/mol. The maximum Gasteiger partial charge on any atom is 0.153 e. The van der Waals surface area contributed by atoms with Gasteiger partial charge in [0.1, 0.15) is 17.2 Å². The number of fused-ring (bicyclic) bond motifs is 1. The molecule has 0 N–H and O–H groups in total. The van der Waals surface area contributed by atoms with Crippen molar-refractivity contribution in [3.05, 3.63) is 48.3 Å². The van der Waals surface area contributed by atoms with Crippen LogP contribution in [0.15, 0.2) is 36.7 Å². The molecule has 0 atom stereocenters. The van der Waals surface area contributed by atoms with E-state index < -0.39 is 11.6 Å². The van der Waals surface area contributed by atoms with Crippen LogP contribution in [0.25, 0.3) is 22.4 Å². The molecule has 1 aliphatic rings. The minimum absolute atomic E-state index is 0.227. The number of hydrogen-bond acceptors (Lipinski definition) is 2. The van der Waals surface area contributed by atoms with Crippen molar-refractivity contribution in [2.75, 3.05) is 0 Å². The number of hydrogen-bond donors (Lipinski definition) is 0. The van der Waals surface area contributed by atoms with E-state index in [9.17, 15) is 8.78 Å². The zero-order valence-corrected chi connectivity index (χ0v) is 10.6. The van der Waals surface area contributed by atoms with E-state index in [0.717, 1.165) is 24.5 Å². The molecule has 1 aliphatic carbocycles. The van der Waals surface area contributed by atoms with Gasteiger partial charge in [-0.25, -0.2) is 13.8 Å². The molecule has 1 aromatic carbocycles.